The summed E-state index contributed by atoms with van der Waals surface area (Å²) in [4.78, 5) is 27.1. The number of nitrogens with one attached hydrogen (secondary N) is 1. The molecule has 0 spiro atoms. The monoisotopic (exact) mass is 328 g/mol. The van der Waals surface area contributed by atoms with Crippen LogP contribution < -0.4 is 5.32 Å². The molecule has 5 heteroatoms. The van der Waals surface area contributed by atoms with Crippen molar-refractivity contribution in [3.8, 4) is 0 Å². The van der Waals surface area contributed by atoms with E-state index in [9.17, 15) is 9.59 Å². The zero-order chi connectivity index (χ0) is 16.2. The highest BCUT2D eigenvalue weighted by atomic mass is 32.1. The predicted octanol–water partition coefficient (Wildman–Crippen LogP) is 3.15. The van der Waals surface area contributed by atoms with Crippen molar-refractivity contribution >= 4 is 23.2 Å². The lowest BCUT2D eigenvalue weighted by atomic mass is 10.1. The van der Waals surface area contributed by atoms with Gasteiger partial charge in [0.1, 0.15) is 0 Å². The molecule has 2 aromatic rings. The third-order valence-corrected chi connectivity index (χ3v) is 5.17. The highest BCUT2D eigenvalue weighted by Gasteiger charge is 2.26. The van der Waals surface area contributed by atoms with E-state index in [0.29, 0.717) is 13.0 Å². The lowest BCUT2D eigenvalue weighted by molar-refractivity contribution is -0.128. The number of amides is 2. The summed E-state index contributed by atoms with van der Waals surface area (Å²) in [6.45, 7) is 3.24. The van der Waals surface area contributed by atoms with E-state index < -0.39 is 0 Å². The number of aryl methyl sites for hydroxylation is 1. The van der Waals surface area contributed by atoms with E-state index in [1.165, 1.54) is 11.3 Å². The summed E-state index contributed by atoms with van der Waals surface area (Å²) < 4.78 is 0. The van der Waals surface area contributed by atoms with Gasteiger partial charge in [0, 0.05) is 19.5 Å². The minimum Gasteiger partial charge on any atom is -0.343 e. The molecule has 1 N–H and O–H groups in total. The molecule has 1 aliphatic heterocycles. The summed E-state index contributed by atoms with van der Waals surface area (Å²) in [5.41, 5.74) is 2.01. The van der Waals surface area contributed by atoms with Gasteiger partial charge in [-0.3, -0.25) is 9.59 Å². The summed E-state index contributed by atoms with van der Waals surface area (Å²) >= 11 is 1.45. The minimum atomic E-state index is -0.188. The molecule has 1 aromatic heterocycles. The SMILES string of the molecule is Cc1ccsc1C(=O)NC(CN1CCCC1=O)c1ccccc1. The molecule has 1 aliphatic rings. The normalized spacial score (nSPS) is 15.7. The Balaban J connectivity index is 1.79. The van der Waals surface area contributed by atoms with Crippen molar-refractivity contribution in [3.05, 3.63) is 57.8 Å². The number of nitrogens with zero attached hydrogens (tertiary/aromatic N) is 1. The van der Waals surface area contributed by atoms with Crippen LogP contribution in [0.4, 0.5) is 0 Å². The number of likely N-dealkylation sites (tertiary alicyclic amines) is 1. The Morgan fingerprint density at radius 3 is 2.70 bits per heavy atom. The molecule has 0 radical (unpaired) electrons. The number of thiophene rings is 1. The first-order valence-corrected chi connectivity index (χ1v) is 8.71. The molecule has 0 bridgehead atoms. The fraction of sp³-hybridized carbons (Fsp3) is 0.333. The molecule has 0 aliphatic carbocycles. The highest BCUT2D eigenvalue weighted by molar-refractivity contribution is 7.12. The van der Waals surface area contributed by atoms with E-state index in [0.717, 1.165) is 29.0 Å². The van der Waals surface area contributed by atoms with Crippen LogP contribution in [0.1, 0.15) is 39.7 Å². The first-order chi connectivity index (χ1) is 11.1. The molecule has 1 atom stereocenters. The Morgan fingerprint density at radius 2 is 2.09 bits per heavy atom. The molecular weight excluding hydrogens is 308 g/mol. The highest BCUT2D eigenvalue weighted by Crippen LogP contribution is 2.21. The molecule has 2 heterocycles. The van der Waals surface area contributed by atoms with E-state index in [4.69, 9.17) is 0 Å². The van der Waals surface area contributed by atoms with Crippen LogP contribution in [0.15, 0.2) is 41.8 Å². The maximum absolute atomic E-state index is 12.6. The second-order valence-electron chi connectivity index (χ2n) is 5.81. The van der Waals surface area contributed by atoms with Crippen molar-refractivity contribution in [3.63, 3.8) is 0 Å². The Morgan fingerprint density at radius 1 is 1.30 bits per heavy atom. The maximum atomic E-state index is 12.6. The molecule has 4 nitrogen and oxygen atoms in total. The predicted molar refractivity (Wildman–Crippen MR) is 91.5 cm³/mol. The van der Waals surface area contributed by atoms with E-state index in [-0.39, 0.29) is 17.9 Å². The zero-order valence-electron chi connectivity index (χ0n) is 13.1. The van der Waals surface area contributed by atoms with Gasteiger partial charge in [-0.05, 0) is 35.9 Å². The van der Waals surface area contributed by atoms with Crippen molar-refractivity contribution in [1.82, 2.24) is 10.2 Å². The van der Waals surface area contributed by atoms with Gasteiger partial charge in [-0.1, -0.05) is 30.3 Å². The Hall–Kier alpha value is -2.14. The topological polar surface area (TPSA) is 49.4 Å². The number of carbonyl (C=O) groups is 2. The maximum Gasteiger partial charge on any atom is 0.262 e. The molecule has 3 rings (SSSR count). The smallest absolute Gasteiger partial charge is 0.262 e. The molecule has 0 saturated carbocycles. The van der Waals surface area contributed by atoms with Crippen molar-refractivity contribution < 1.29 is 9.59 Å². The molecule has 23 heavy (non-hydrogen) atoms. The first kappa shape index (κ1) is 15.7. The van der Waals surface area contributed by atoms with Crippen LogP contribution in [0.3, 0.4) is 0 Å². The largest absolute Gasteiger partial charge is 0.343 e. The van der Waals surface area contributed by atoms with Gasteiger partial charge in [0.2, 0.25) is 5.91 Å². The molecule has 120 valence electrons. The molecule has 1 saturated heterocycles. The van der Waals surface area contributed by atoms with Crippen LogP contribution in [0, 0.1) is 6.92 Å². The van der Waals surface area contributed by atoms with E-state index in [1.807, 2.05) is 53.6 Å². The average molecular weight is 328 g/mol. The minimum absolute atomic E-state index is 0.0713. The van der Waals surface area contributed by atoms with Gasteiger partial charge < -0.3 is 10.2 Å². The van der Waals surface area contributed by atoms with Crippen molar-refractivity contribution in [2.75, 3.05) is 13.1 Å². The van der Waals surface area contributed by atoms with Gasteiger partial charge >= 0.3 is 0 Å². The molecular formula is C18H20N2O2S. The molecule has 1 fully saturated rings. The fourth-order valence-corrected chi connectivity index (χ4v) is 3.69. The van der Waals surface area contributed by atoms with Gasteiger partial charge in [0.15, 0.2) is 0 Å². The molecule has 1 aromatic carbocycles. The van der Waals surface area contributed by atoms with Gasteiger partial charge in [-0.15, -0.1) is 11.3 Å². The fourth-order valence-electron chi connectivity index (χ4n) is 2.87. The third-order valence-electron chi connectivity index (χ3n) is 4.15. The van der Waals surface area contributed by atoms with Crippen LogP contribution in [-0.4, -0.2) is 29.8 Å². The quantitative estimate of drug-likeness (QED) is 0.916. The number of carbonyl (C=O) groups excluding carboxylic acids is 2. The summed E-state index contributed by atoms with van der Waals surface area (Å²) in [5, 5.41) is 5.02. The zero-order valence-corrected chi connectivity index (χ0v) is 13.9. The van der Waals surface area contributed by atoms with Crippen molar-refractivity contribution in [2.24, 2.45) is 0 Å². The average Bonchev–Trinajstić information content (AvgIpc) is 3.16. The van der Waals surface area contributed by atoms with Gasteiger partial charge in [-0.25, -0.2) is 0 Å². The standard InChI is InChI=1S/C18H20N2O2S/c1-13-9-11-23-17(13)18(22)19-15(14-6-3-2-4-7-14)12-20-10-5-8-16(20)21/h2-4,6-7,9,11,15H,5,8,10,12H2,1H3,(H,19,22). The number of hydrogen-bond acceptors (Lipinski definition) is 3. The second-order valence-corrected chi connectivity index (χ2v) is 6.73. The third kappa shape index (κ3) is 3.62. The number of rotatable bonds is 5. The van der Waals surface area contributed by atoms with Crippen LogP contribution in [0.2, 0.25) is 0 Å². The Bertz CT molecular complexity index is 696. The first-order valence-electron chi connectivity index (χ1n) is 7.83. The van der Waals surface area contributed by atoms with Gasteiger partial charge in [0.25, 0.3) is 5.91 Å². The van der Waals surface area contributed by atoms with E-state index >= 15 is 0 Å². The summed E-state index contributed by atoms with van der Waals surface area (Å²) in [6.07, 6.45) is 1.51. The number of benzene rings is 1. The number of hydrogen-bond donors (Lipinski definition) is 1. The van der Waals surface area contributed by atoms with Gasteiger partial charge in [0.05, 0.1) is 10.9 Å². The lowest BCUT2D eigenvalue weighted by Gasteiger charge is -2.25. The van der Waals surface area contributed by atoms with Crippen LogP contribution in [0.5, 0.6) is 0 Å². The van der Waals surface area contributed by atoms with E-state index in [1.54, 1.807) is 0 Å². The van der Waals surface area contributed by atoms with Crippen molar-refractivity contribution in [1.29, 1.82) is 0 Å². The van der Waals surface area contributed by atoms with Crippen molar-refractivity contribution in [2.45, 2.75) is 25.8 Å². The molecule has 2 amide bonds. The van der Waals surface area contributed by atoms with E-state index in [2.05, 4.69) is 5.32 Å². The molecule has 1 unspecified atom stereocenters. The summed E-state index contributed by atoms with van der Waals surface area (Å²) in [6, 6.07) is 11.6. The summed E-state index contributed by atoms with van der Waals surface area (Å²) in [7, 11) is 0. The van der Waals surface area contributed by atoms with Crippen LogP contribution >= 0.6 is 11.3 Å². The van der Waals surface area contributed by atoms with Crippen LogP contribution in [0.25, 0.3) is 0 Å². The van der Waals surface area contributed by atoms with Crippen LogP contribution in [-0.2, 0) is 4.79 Å². The second kappa shape index (κ2) is 6.96. The summed E-state index contributed by atoms with van der Waals surface area (Å²) in [5.74, 6) is 0.102. The Kier molecular flexibility index (Phi) is 4.76. The Labute approximate surface area is 140 Å². The lowest BCUT2D eigenvalue weighted by Crippen LogP contribution is -2.38. The van der Waals surface area contributed by atoms with Gasteiger partial charge in [-0.2, -0.15) is 0 Å².